The molecule has 1 aromatic carbocycles. The van der Waals surface area contributed by atoms with Crippen molar-refractivity contribution in [3.63, 3.8) is 0 Å². The number of benzene rings is 1. The summed E-state index contributed by atoms with van der Waals surface area (Å²) in [6, 6.07) is 6.90. The number of non-ortho nitro benzene ring substituents is 1. The van der Waals surface area contributed by atoms with Gasteiger partial charge in [-0.05, 0) is 45.7 Å². The lowest BCUT2D eigenvalue weighted by atomic mass is 9.91. The minimum atomic E-state index is -0.411. The molecular weight excluding hydrogens is 330 g/mol. The van der Waals surface area contributed by atoms with Crippen LogP contribution in [0.15, 0.2) is 24.3 Å². The zero-order valence-corrected chi connectivity index (χ0v) is 15.2. The van der Waals surface area contributed by atoms with Crippen LogP contribution in [-0.4, -0.2) is 34.4 Å². The van der Waals surface area contributed by atoms with E-state index in [4.69, 9.17) is 0 Å². The summed E-state index contributed by atoms with van der Waals surface area (Å²) in [4.78, 5) is 25.0. The Morgan fingerprint density at radius 2 is 2.00 bits per heavy atom. The van der Waals surface area contributed by atoms with E-state index in [9.17, 15) is 14.9 Å². The molecule has 0 aromatic heterocycles. The predicted molar refractivity (Wildman–Crippen MR) is 96.2 cm³/mol. The first-order valence-electron chi connectivity index (χ1n) is 8.15. The highest BCUT2D eigenvalue weighted by molar-refractivity contribution is 5.85. The Hall–Kier alpha value is -1.66. The van der Waals surface area contributed by atoms with Crippen LogP contribution in [0.4, 0.5) is 5.69 Å². The largest absolute Gasteiger partial charge is 0.336 e. The molecule has 24 heavy (non-hydrogen) atoms. The van der Waals surface area contributed by atoms with E-state index < -0.39 is 4.92 Å². The van der Waals surface area contributed by atoms with Crippen molar-refractivity contribution in [2.24, 2.45) is 5.92 Å². The van der Waals surface area contributed by atoms with Crippen molar-refractivity contribution in [1.82, 2.24) is 10.2 Å². The number of hydrogen-bond donors (Lipinski definition) is 1. The molecule has 2 atom stereocenters. The van der Waals surface area contributed by atoms with Crippen molar-refractivity contribution in [3.8, 4) is 0 Å². The lowest BCUT2D eigenvalue weighted by Gasteiger charge is -2.34. The van der Waals surface area contributed by atoms with Crippen LogP contribution in [0.3, 0.4) is 0 Å². The van der Waals surface area contributed by atoms with Crippen LogP contribution in [-0.2, 0) is 11.3 Å². The van der Waals surface area contributed by atoms with Gasteiger partial charge in [-0.3, -0.25) is 14.9 Å². The Kier molecular flexibility index (Phi) is 7.63. The van der Waals surface area contributed by atoms with Gasteiger partial charge in [-0.25, -0.2) is 0 Å². The number of nitro benzene ring substituents is 1. The van der Waals surface area contributed by atoms with Gasteiger partial charge < -0.3 is 10.2 Å². The fourth-order valence-corrected chi connectivity index (χ4v) is 3.03. The fourth-order valence-electron chi connectivity index (χ4n) is 3.03. The minimum Gasteiger partial charge on any atom is -0.336 e. The third kappa shape index (κ3) is 5.18. The number of amides is 1. The summed E-state index contributed by atoms with van der Waals surface area (Å²) in [6.45, 7) is 7.49. The summed E-state index contributed by atoms with van der Waals surface area (Å²) in [7, 11) is 0. The van der Waals surface area contributed by atoms with E-state index in [1.807, 2.05) is 18.7 Å². The van der Waals surface area contributed by atoms with Crippen molar-refractivity contribution in [2.75, 3.05) is 6.54 Å². The molecule has 0 bridgehead atoms. The molecule has 1 aliphatic rings. The standard InChI is InChI=1S/C17H25N3O3.ClH/c1-12(2)19(17(21)15-8-9-18-13(3)10-15)11-14-4-6-16(7-5-14)20(22)23;/h4-7,12-13,15,18H,8-11H2,1-3H3;1H/t13-,15-;/m0./s1. The molecule has 2 rings (SSSR count). The van der Waals surface area contributed by atoms with E-state index in [-0.39, 0.29) is 36.0 Å². The van der Waals surface area contributed by atoms with Gasteiger partial charge in [0.25, 0.3) is 5.69 Å². The first-order chi connectivity index (χ1) is 10.9. The summed E-state index contributed by atoms with van der Waals surface area (Å²) in [5.41, 5.74) is 0.989. The maximum Gasteiger partial charge on any atom is 0.269 e. The average Bonchev–Trinajstić information content (AvgIpc) is 2.52. The Bertz CT molecular complexity index is 563. The maximum atomic E-state index is 12.9. The smallest absolute Gasteiger partial charge is 0.269 e. The van der Waals surface area contributed by atoms with E-state index in [0.717, 1.165) is 24.9 Å². The Morgan fingerprint density at radius 1 is 1.38 bits per heavy atom. The van der Waals surface area contributed by atoms with Crippen molar-refractivity contribution in [1.29, 1.82) is 0 Å². The minimum absolute atomic E-state index is 0. The molecule has 134 valence electrons. The molecule has 1 amide bonds. The average molecular weight is 356 g/mol. The molecule has 0 aliphatic carbocycles. The lowest BCUT2D eigenvalue weighted by molar-refractivity contribution is -0.384. The zero-order chi connectivity index (χ0) is 17.0. The van der Waals surface area contributed by atoms with Crippen molar-refractivity contribution < 1.29 is 9.72 Å². The van der Waals surface area contributed by atoms with Crippen LogP contribution >= 0.6 is 12.4 Å². The summed E-state index contributed by atoms with van der Waals surface area (Å²) in [6.07, 6.45) is 1.73. The third-order valence-electron chi connectivity index (χ3n) is 4.38. The third-order valence-corrected chi connectivity index (χ3v) is 4.38. The molecule has 6 nitrogen and oxygen atoms in total. The van der Waals surface area contributed by atoms with Crippen molar-refractivity contribution in [2.45, 2.75) is 52.2 Å². The van der Waals surface area contributed by atoms with Gasteiger partial charge in [0, 0.05) is 36.7 Å². The molecule has 1 aliphatic heterocycles. The molecular formula is C17H26ClN3O3. The molecule has 0 unspecified atom stereocenters. The second-order valence-corrected chi connectivity index (χ2v) is 6.56. The topological polar surface area (TPSA) is 75.5 Å². The Balaban J connectivity index is 0.00000288. The number of rotatable bonds is 5. The van der Waals surface area contributed by atoms with Crippen LogP contribution < -0.4 is 5.32 Å². The van der Waals surface area contributed by atoms with Crippen LogP contribution in [0.25, 0.3) is 0 Å². The van der Waals surface area contributed by atoms with Gasteiger partial charge in [0.2, 0.25) is 5.91 Å². The molecule has 0 radical (unpaired) electrons. The normalized spacial score (nSPS) is 20.3. The predicted octanol–water partition coefficient (Wildman–Crippen LogP) is 3.14. The first kappa shape index (κ1) is 20.4. The lowest BCUT2D eigenvalue weighted by Crippen LogP contribution is -2.46. The number of piperidine rings is 1. The highest BCUT2D eigenvalue weighted by atomic mass is 35.5. The number of carbonyl (C=O) groups is 1. The molecule has 1 heterocycles. The maximum absolute atomic E-state index is 12.9. The highest BCUT2D eigenvalue weighted by Gasteiger charge is 2.29. The zero-order valence-electron chi connectivity index (χ0n) is 14.4. The van der Waals surface area contributed by atoms with Crippen LogP contribution in [0.5, 0.6) is 0 Å². The molecule has 7 heteroatoms. The number of carbonyl (C=O) groups excluding carboxylic acids is 1. The molecule has 1 saturated heterocycles. The highest BCUT2D eigenvalue weighted by Crippen LogP contribution is 2.22. The van der Waals surface area contributed by atoms with Crippen LogP contribution in [0.2, 0.25) is 0 Å². The Morgan fingerprint density at radius 3 is 2.50 bits per heavy atom. The summed E-state index contributed by atoms with van der Waals surface area (Å²) >= 11 is 0. The van der Waals surface area contributed by atoms with Crippen LogP contribution in [0.1, 0.15) is 39.2 Å². The first-order valence-corrected chi connectivity index (χ1v) is 8.15. The molecule has 1 aromatic rings. The van der Waals surface area contributed by atoms with Gasteiger partial charge in [-0.15, -0.1) is 12.4 Å². The summed E-state index contributed by atoms with van der Waals surface area (Å²) in [5, 5.41) is 14.1. The number of nitrogens with zero attached hydrogens (tertiary/aromatic N) is 2. The van der Waals surface area contributed by atoms with E-state index in [1.54, 1.807) is 12.1 Å². The van der Waals surface area contributed by atoms with Gasteiger partial charge >= 0.3 is 0 Å². The SMILES string of the molecule is CC(C)N(Cc1ccc([N+](=O)[O-])cc1)C(=O)[C@H]1CCN[C@@H](C)C1.Cl. The molecule has 0 saturated carbocycles. The molecule has 1 N–H and O–H groups in total. The second-order valence-electron chi connectivity index (χ2n) is 6.56. The quantitative estimate of drug-likeness (QED) is 0.650. The number of halogens is 1. The fraction of sp³-hybridized carbons (Fsp3) is 0.588. The van der Waals surface area contributed by atoms with Crippen molar-refractivity contribution >= 4 is 24.0 Å². The number of nitro groups is 1. The second kappa shape index (κ2) is 8.99. The monoisotopic (exact) mass is 355 g/mol. The van der Waals surface area contributed by atoms with E-state index >= 15 is 0 Å². The van der Waals surface area contributed by atoms with Gasteiger partial charge in [0.15, 0.2) is 0 Å². The van der Waals surface area contributed by atoms with Crippen molar-refractivity contribution in [3.05, 3.63) is 39.9 Å². The van der Waals surface area contributed by atoms with E-state index in [1.165, 1.54) is 12.1 Å². The summed E-state index contributed by atoms with van der Waals surface area (Å²) < 4.78 is 0. The van der Waals surface area contributed by atoms with Crippen LogP contribution in [0, 0.1) is 16.0 Å². The van der Waals surface area contributed by atoms with E-state index in [2.05, 4.69) is 12.2 Å². The number of nitrogens with one attached hydrogen (secondary N) is 1. The van der Waals surface area contributed by atoms with Gasteiger partial charge in [0.1, 0.15) is 0 Å². The number of hydrogen-bond acceptors (Lipinski definition) is 4. The summed E-state index contributed by atoms with van der Waals surface area (Å²) in [5.74, 6) is 0.249. The van der Waals surface area contributed by atoms with E-state index in [0.29, 0.717) is 12.6 Å². The molecule has 0 spiro atoms. The van der Waals surface area contributed by atoms with Gasteiger partial charge in [-0.2, -0.15) is 0 Å². The van der Waals surface area contributed by atoms with Gasteiger partial charge in [0.05, 0.1) is 4.92 Å². The van der Waals surface area contributed by atoms with Gasteiger partial charge in [-0.1, -0.05) is 12.1 Å². The Labute approximate surface area is 149 Å². The molecule has 1 fully saturated rings.